The molecule has 0 spiro atoms. The van der Waals surface area contributed by atoms with Gasteiger partial charge in [-0.3, -0.25) is 4.79 Å². The molecule has 5 fully saturated rings. The van der Waals surface area contributed by atoms with Crippen molar-refractivity contribution in [2.75, 3.05) is 31.1 Å². The van der Waals surface area contributed by atoms with Gasteiger partial charge < -0.3 is 9.80 Å². The predicted octanol–water partition coefficient (Wildman–Crippen LogP) is 6.43. The number of carbonyl (C=O) groups is 1. The summed E-state index contributed by atoms with van der Waals surface area (Å²) in [6.07, 6.45) is 7.27. The second kappa shape index (κ2) is 8.50. The van der Waals surface area contributed by atoms with Crippen LogP contribution in [0.25, 0.3) is 0 Å². The fourth-order valence-electron chi connectivity index (χ4n) is 7.88. The Morgan fingerprint density at radius 1 is 0.758 bits per heavy atom. The monoisotopic (exact) mass is 482 g/mol. The Morgan fingerprint density at radius 3 is 1.82 bits per heavy atom. The van der Waals surface area contributed by atoms with Gasteiger partial charge in [0.1, 0.15) is 0 Å². The molecule has 2 aromatic rings. The van der Waals surface area contributed by atoms with E-state index in [1.165, 1.54) is 43.4 Å². The maximum absolute atomic E-state index is 13.8. The maximum atomic E-state index is 13.8. The largest absolute Gasteiger partial charge is 0.368 e. The van der Waals surface area contributed by atoms with E-state index in [9.17, 15) is 4.79 Å². The molecular weight excluding hydrogens is 451 g/mol. The van der Waals surface area contributed by atoms with Crippen LogP contribution in [-0.2, 0) is 10.2 Å². The third kappa shape index (κ3) is 3.86. The highest BCUT2D eigenvalue weighted by Crippen LogP contribution is 2.64. The standard InChI is InChI=1S/C28H32Cl2N2O/c29-24-3-1-21(2-4-24)28(22-14-19-13-20(16-22)17-23(28)15-19)18-27(33)32-11-9-31(10-12-32)26-7-5-25(30)6-8-26/h1-8,19-20,22-23H,9-18H2. The average Bonchev–Trinajstić information content (AvgIpc) is 2.82. The molecular formula is C28H32Cl2N2O. The highest BCUT2D eigenvalue weighted by Gasteiger charge is 2.58. The van der Waals surface area contributed by atoms with Gasteiger partial charge in [0.2, 0.25) is 5.91 Å². The lowest BCUT2D eigenvalue weighted by atomic mass is 9.43. The lowest BCUT2D eigenvalue weighted by molar-refractivity contribution is -0.139. The van der Waals surface area contributed by atoms with Crippen LogP contribution in [0.15, 0.2) is 48.5 Å². The summed E-state index contributed by atoms with van der Waals surface area (Å²) in [6, 6.07) is 16.5. The first-order valence-electron chi connectivity index (χ1n) is 12.6. The third-order valence-corrected chi connectivity index (χ3v) is 9.75. The van der Waals surface area contributed by atoms with Gasteiger partial charge in [-0.05, 0) is 97.7 Å². The summed E-state index contributed by atoms with van der Waals surface area (Å²) in [5, 5.41) is 1.54. The lowest BCUT2D eigenvalue weighted by Crippen LogP contribution is -2.58. The summed E-state index contributed by atoms with van der Waals surface area (Å²) in [5.41, 5.74) is 2.53. The number of hydrogen-bond acceptors (Lipinski definition) is 2. The van der Waals surface area contributed by atoms with Crippen LogP contribution < -0.4 is 4.90 Å². The van der Waals surface area contributed by atoms with Crippen molar-refractivity contribution < 1.29 is 4.79 Å². The summed E-state index contributed by atoms with van der Waals surface area (Å²) >= 11 is 12.3. The van der Waals surface area contributed by atoms with Gasteiger partial charge in [-0.15, -0.1) is 0 Å². The van der Waals surface area contributed by atoms with E-state index in [0.29, 0.717) is 24.2 Å². The second-order valence-corrected chi connectivity index (χ2v) is 11.7. The first-order chi connectivity index (χ1) is 16.0. The third-order valence-electron chi connectivity index (χ3n) is 9.24. The number of nitrogens with zero attached hydrogens (tertiary/aromatic N) is 2. The Balaban J connectivity index is 1.22. The molecule has 0 aromatic heterocycles. The normalized spacial score (nSPS) is 32.9. The van der Waals surface area contributed by atoms with Crippen LogP contribution >= 0.6 is 23.2 Å². The summed E-state index contributed by atoms with van der Waals surface area (Å²) in [7, 11) is 0. The van der Waals surface area contributed by atoms with E-state index in [0.717, 1.165) is 48.1 Å². The quantitative estimate of drug-likeness (QED) is 0.501. The van der Waals surface area contributed by atoms with Crippen LogP contribution in [0.2, 0.25) is 10.0 Å². The van der Waals surface area contributed by atoms with E-state index in [4.69, 9.17) is 23.2 Å². The molecule has 1 amide bonds. The molecule has 2 aromatic carbocycles. The van der Waals surface area contributed by atoms with E-state index in [1.54, 1.807) is 0 Å². The molecule has 0 radical (unpaired) electrons. The molecule has 0 atom stereocenters. The summed E-state index contributed by atoms with van der Waals surface area (Å²) in [5.74, 6) is 3.37. The van der Waals surface area contributed by atoms with Crippen molar-refractivity contribution in [2.24, 2.45) is 23.7 Å². The molecule has 174 valence electrons. The number of amides is 1. The van der Waals surface area contributed by atoms with Crippen LogP contribution in [0.1, 0.15) is 44.1 Å². The molecule has 4 saturated carbocycles. The van der Waals surface area contributed by atoms with Gasteiger partial charge in [0.15, 0.2) is 0 Å². The van der Waals surface area contributed by atoms with Crippen molar-refractivity contribution in [3.63, 3.8) is 0 Å². The smallest absolute Gasteiger partial charge is 0.223 e. The Kier molecular flexibility index (Phi) is 5.62. The number of piperazine rings is 1. The number of halogens is 2. The van der Waals surface area contributed by atoms with Gasteiger partial charge >= 0.3 is 0 Å². The fourth-order valence-corrected chi connectivity index (χ4v) is 8.13. The summed E-state index contributed by atoms with van der Waals surface area (Å²) in [6.45, 7) is 3.33. The van der Waals surface area contributed by atoms with Crippen LogP contribution in [0, 0.1) is 23.7 Å². The highest BCUT2D eigenvalue weighted by atomic mass is 35.5. The number of carbonyl (C=O) groups excluding carboxylic acids is 1. The summed E-state index contributed by atoms with van der Waals surface area (Å²) in [4.78, 5) is 18.3. The minimum atomic E-state index is -0.0115. The van der Waals surface area contributed by atoms with Gasteiger partial charge in [0.05, 0.1) is 0 Å². The van der Waals surface area contributed by atoms with E-state index < -0.39 is 0 Å². The predicted molar refractivity (Wildman–Crippen MR) is 135 cm³/mol. The molecule has 0 unspecified atom stereocenters. The van der Waals surface area contributed by atoms with Gasteiger partial charge in [0.25, 0.3) is 0 Å². The van der Waals surface area contributed by atoms with E-state index in [-0.39, 0.29) is 5.41 Å². The number of rotatable bonds is 4. The first-order valence-corrected chi connectivity index (χ1v) is 13.3. The Labute approximate surface area is 207 Å². The zero-order valence-corrected chi connectivity index (χ0v) is 20.6. The van der Waals surface area contributed by atoms with Crippen molar-refractivity contribution in [2.45, 2.75) is 43.9 Å². The maximum Gasteiger partial charge on any atom is 0.223 e. The van der Waals surface area contributed by atoms with E-state index in [2.05, 4.69) is 34.1 Å². The molecule has 3 nitrogen and oxygen atoms in total. The second-order valence-electron chi connectivity index (χ2n) is 10.9. The lowest BCUT2D eigenvalue weighted by Gasteiger charge is -2.62. The zero-order chi connectivity index (χ0) is 22.6. The van der Waals surface area contributed by atoms with Crippen LogP contribution in [0.5, 0.6) is 0 Å². The molecule has 33 heavy (non-hydrogen) atoms. The minimum absolute atomic E-state index is 0.0115. The molecule has 1 aliphatic heterocycles. The molecule has 5 heteroatoms. The van der Waals surface area contributed by atoms with Gasteiger partial charge in [-0.1, -0.05) is 35.3 Å². The van der Waals surface area contributed by atoms with Crippen molar-refractivity contribution in [3.05, 3.63) is 64.1 Å². The van der Waals surface area contributed by atoms with E-state index in [1.807, 2.05) is 24.3 Å². The Hall–Kier alpha value is -1.71. The van der Waals surface area contributed by atoms with Crippen LogP contribution in [0.4, 0.5) is 5.69 Å². The molecule has 1 heterocycles. The Morgan fingerprint density at radius 2 is 1.27 bits per heavy atom. The fraction of sp³-hybridized carbons (Fsp3) is 0.536. The van der Waals surface area contributed by atoms with Crippen molar-refractivity contribution in [1.82, 2.24) is 4.90 Å². The minimum Gasteiger partial charge on any atom is -0.368 e. The van der Waals surface area contributed by atoms with Crippen molar-refractivity contribution >= 4 is 34.8 Å². The number of benzene rings is 2. The molecule has 7 rings (SSSR count). The highest BCUT2D eigenvalue weighted by molar-refractivity contribution is 6.30. The topological polar surface area (TPSA) is 23.6 Å². The van der Waals surface area contributed by atoms with Gasteiger partial charge in [-0.25, -0.2) is 0 Å². The molecule has 5 aliphatic rings. The average molecular weight is 483 g/mol. The van der Waals surface area contributed by atoms with Crippen LogP contribution in [0.3, 0.4) is 0 Å². The first kappa shape index (κ1) is 21.8. The SMILES string of the molecule is O=C(CC1(c2ccc(Cl)cc2)C2CC3CC(C2)CC1C3)N1CCN(c2ccc(Cl)cc2)CC1. The van der Waals surface area contributed by atoms with Crippen LogP contribution in [-0.4, -0.2) is 37.0 Å². The van der Waals surface area contributed by atoms with Crippen molar-refractivity contribution in [3.8, 4) is 0 Å². The molecule has 4 bridgehead atoms. The number of hydrogen-bond donors (Lipinski definition) is 0. The Bertz CT molecular complexity index is 983. The molecule has 0 N–H and O–H groups in total. The van der Waals surface area contributed by atoms with Gasteiger partial charge in [-0.2, -0.15) is 0 Å². The number of anilines is 1. The van der Waals surface area contributed by atoms with Gasteiger partial charge in [0, 0.05) is 53.7 Å². The van der Waals surface area contributed by atoms with Crippen molar-refractivity contribution in [1.29, 1.82) is 0 Å². The zero-order valence-electron chi connectivity index (χ0n) is 19.1. The summed E-state index contributed by atoms with van der Waals surface area (Å²) < 4.78 is 0. The van der Waals surface area contributed by atoms with E-state index >= 15 is 0 Å². The molecule has 4 aliphatic carbocycles. The molecule has 1 saturated heterocycles.